The molecule has 9 nitrogen and oxygen atoms in total. The Morgan fingerprint density at radius 3 is 2.55 bits per heavy atom. The zero-order chi connectivity index (χ0) is 23.1. The van der Waals surface area contributed by atoms with Gasteiger partial charge < -0.3 is 9.84 Å². The SMILES string of the molecule is CCC1CC1n1c(=O)c2c(C)c(CNN(C(=O)O)C(C)(C)C)sc2n(CCOC)c1=O. The number of thiophene rings is 1. The molecular formula is C21H32N4O5S. The molecule has 2 aromatic heterocycles. The molecule has 2 atom stereocenters. The first-order chi connectivity index (χ1) is 14.5. The number of fused-ring (bicyclic) bond motifs is 1. The third-order valence-corrected chi connectivity index (χ3v) is 7.18. The van der Waals surface area contributed by atoms with Crippen molar-refractivity contribution in [3.63, 3.8) is 0 Å². The van der Waals surface area contributed by atoms with Gasteiger partial charge in [0.2, 0.25) is 0 Å². The number of ether oxygens (including phenoxy) is 1. The molecule has 0 spiro atoms. The van der Waals surface area contributed by atoms with E-state index in [-0.39, 0.29) is 23.8 Å². The van der Waals surface area contributed by atoms with Crippen molar-refractivity contribution >= 4 is 27.6 Å². The molecule has 3 rings (SSSR count). The van der Waals surface area contributed by atoms with Crippen molar-refractivity contribution in [2.24, 2.45) is 5.92 Å². The van der Waals surface area contributed by atoms with Gasteiger partial charge in [-0.15, -0.1) is 11.3 Å². The van der Waals surface area contributed by atoms with E-state index < -0.39 is 11.6 Å². The van der Waals surface area contributed by atoms with E-state index in [0.29, 0.717) is 29.3 Å². The summed E-state index contributed by atoms with van der Waals surface area (Å²) in [6, 6.07) is -0.0486. The van der Waals surface area contributed by atoms with E-state index in [1.807, 2.05) is 6.92 Å². The van der Waals surface area contributed by atoms with Crippen molar-refractivity contribution in [2.45, 2.75) is 72.1 Å². The fourth-order valence-electron chi connectivity index (χ4n) is 3.98. The zero-order valence-electron chi connectivity index (χ0n) is 19.0. The lowest BCUT2D eigenvalue weighted by Gasteiger charge is -2.33. The average Bonchev–Trinajstić information content (AvgIpc) is 3.37. The van der Waals surface area contributed by atoms with Crippen molar-refractivity contribution < 1.29 is 14.6 Å². The summed E-state index contributed by atoms with van der Waals surface area (Å²) in [4.78, 5) is 39.7. The third-order valence-electron chi connectivity index (χ3n) is 5.86. The number of hydrogen-bond donors (Lipinski definition) is 2. The number of nitrogens with zero attached hydrogens (tertiary/aromatic N) is 3. The van der Waals surface area contributed by atoms with Crippen molar-refractivity contribution in [2.75, 3.05) is 13.7 Å². The maximum Gasteiger partial charge on any atom is 0.422 e. The lowest BCUT2D eigenvalue weighted by Crippen LogP contribution is -2.52. The molecule has 2 unspecified atom stereocenters. The molecule has 1 fully saturated rings. The Kier molecular flexibility index (Phi) is 6.64. The smallest absolute Gasteiger partial charge is 0.422 e. The Labute approximate surface area is 185 Å². The van der Waals surface area contributed by atoms with Crippen LogP contribution < -0.4 is 16.7 Å². The van der Waals surface area contributed by atoms with Crippen LogP contribution in [0.15, 0.2) is 9.59 Å². The standard InChI is InChI=1S/C21H32N4O5S/c1-7-13-10-14(13)24-17(26)16-12(2)15(11-22-25(20(28)29)21(3,4)5)31-18(16)23(19(24)27)8-9-30-6/h13-14,22H,7-11H2,1-6H3,(H,28,29). The zero-order valence-corrected chi connectivity index (χ0v) is 19.8. The van der Waals surface area contributed by atoms with Gasteiger partial charge in [0.25, 0.3) is 5.56 Å². The second-order valence-corrected chi connectivity index (χ2v) is 10.1. The molecule has 0 aromatic carbocycles. The summed E-state index contributed by atoms with van der Waals surface area (Å²) in [6.07, 6.45) is 0.699. The predicted molar refractivity (Wildman–Crippen MR) is 121 cm³/mol. The van der Waals surface area contributed by atoms with Gasteiger partial charge in [-0.1, -0.05) is 13.3 Å². The number of methoxy groups -OCH3 is 1. The van der Waals surface area contributed by atoms with E-state index in [1.165, 1.54) is 15.9 Å². The number of hydrogen-bond acceptors (Lipinski definition) is 6. The Morgan fingerprint density at radius 2 is 2.03 bits per heavy atom. The monoisotopic (exact) mass is 452 g/mol. The molecule has 2 N–H and O–H groups in total. The molecule has 2 aromatic rings. The van der Waals surface area contributed by atoms with Gasteiger partial charge in [-0.25, -0.2) is 20.0 Å². The Bertz CT molecular complexity index is 1090. The van der Waals surface area contributed by atoms with Crippen LogP contribution in [0.4, 0.5) is 4.79 Å². The summed E-state index contributed by atoms with van der Waals surface area (Å²) in [7, 11) is 1.58. The van der Waals surface area contributed by atoms with Crippen LogP contribution in [0, 0.1) is 12.8 Å². The summed E-state index contributed by atoms with van der Waals surface area (Å²) in [5, 5.41) is 11.2. The number of nitrogens with one attached hydrogen (secondary N) is 1. The van der Waals surface area contributed by atoms with Crippen LogP contribution in [0.3, 0.4) is 0 Å². The van der Waals surface area contributed by atoms with E-state index in [1.54, 1.807) is 32.4 Å². The van der Waals surface area contributed by atoms with Gasteiger partial charge in [0.05, 0.1) is 30.6 Å². The van der Waals surface area contributed by atoms with Gasteiger partial charge in [-0.3, -0.25) is 13.9 Å². The number of amides is 1. The second-order valence-electron chi connectivity index (χ2n) is 9.03. The molecule has 0 radical (unpaired) electrons. The summed E-state index contributed by atoms with van der Waals surface area (Å²) in [6.45, 7) is 10.3. The molecule has 1 aliphatic carbocycles. The van der Waals surface area contributed by atoms with E-state index in [0.717, 1.165) is 28.3 Å². The number of carboxylic acid groups (broad SMARTS) is 1. The van der Waals surface area contributed by atoms with Crippen molar-refractivity contribution in [1.29, 1.82) is 0 Å². The van der Waals surface area contributed by atoms with E-state index in [4.69, 9.17) is 4.74 Å². The molecular weight excluding hydrogens is 420 g/mol. The third kappa shape index (κ3) is 4.42. The molecule has 31 heavy (non-hydrogen) atoms. The molecule has 1 aliphatic rings. The number of rotatable bonds is 8. The fourth-order valence-corrected chi connectivity index (χ4v) is 5.23. The highest BCUT2D eigenvalue weighted by Gasteiger charge is 2.40. The number of aromatic nitrogens is 2. The van der Waals surface area contributed by atoms with Gasteiger partial charge in [-0.2, -0.15) is 0 Å². The van der Waals surface area contributed by atoms with Gasteiger partial charge in [0.1, 0.15) is 4.83 Å². The van der Waals surface area contributed by atoms with Crippen molar-refractivity contribution in [1.82, 2.24) is 19.6 Å². The minimum Gasteiger partial charge on any atom is -0.464 e. The van der Waals surface area contributed by atoms with Crippen molar-refractivity contribution in [3.8, 4) is 0 Å². The number of aryl methyl sites for hydroxylation is 1. The maximum atomic E-state index is 13.4. The summed E-state index contributed by atoms with van der Waals surface area (Å²) >= 11 is 1.35. The van der Waals surface area contributed by atoms with Crippen LogP contribution in [-0.4, -0.2) is 44.6 Å². The molecule has 0 aliphatic heterocycles. The minimum absolute atomic E-state index is 0.0486. The van der Waals surface area contributed by atoms with Crippen LogP contribution in [0.1, 0.15) is 57.0 Å². The van der Waals surface area contributed by atoms with Crippen LogP contribution in [-0.2, 0) is 17.8 Å². The Morgan fingerprint density at radius 1 is 1.35 bits per heavy atom. The average molecular weight is 453 g/mol. The fraction of sp³-hybridized carbons (Fsp3) is 0.667. The predicted octanol–water partition coefficient (Wildman–Crippen LogP) is 2.93. The highest BCUT2D eigenvalue weighted by molar-refractivity contribution is 7.18. The normalized spacial score (nSPS) is 18.5. The molecule has 2 heterocycles. The van der Waals surface area contributed by atoms with E-state index in [9.17, 15) is 19.5 Å². The minimum atomic E-state index is -1.08. The number of carbonyl (C=O) groups is 1. The molecule has 0 saturated heterocycles. The van der Waals surface area contributed by atoms with Crippen LogP contribution >= 0.6 is 11.3 Å². The molecule has 10 heteroatoms. The number of hydrazine groups is 1. The first-order valence-electron chi connectivity index (χ1n) is 10.6. The summed E-state index contributed by atoms with van der Waals surface area (Å²) < 4.78 is 8.24. The highest BCUT2D eigenvalue weighted by atomic mass is 32.1. The van der Waals surface area contributed by atoms with Crippen LogP contribution in [0.2, 0.25) is 0 Å². The Hall–Kier alpha value is -2.17. The topological polar surface area (TPSA) is 106 Å². The molecule has 172 valence electrons. The lowest BCUT2D eigenvalue weighted by atomic mass is 10.1. The summed E-state index contributed by atoms with van der Waals surface area (Å²) in [5.74, 6) is 0.356. The second kappa shape index (κ2) is 8.76. The molecule has 1 amide bonds. The summed E-state index contributed by atoms with van der Waals surface area (Å²) in [5.41, 5.74) is 2.57. The van der Waals surface area contributed by atoms with E-state index in [2.05, 4.69) is 12.3 Å². The van der Waals surface area contributed by atoms with E-state index >= 15 is 0 Å². The lowest BCUT2D eigenvalue weighted by molar-refractivity contribution is 0.0626. The highest BCUT2D eigenvalue weighted by Crippen LogP contribution is 2.44. The van der Waals surface area contributed by atoms with Gasteiger partial charge in [0.15, 0.2) is 0 Å². The molecule has 0 bridgehead atoms. The largest absolute Gasteiger partial charge is 0.464 e. The Balaban J connectivity index is 2.09. The van der Waals surface area contributed by atoms with Gasteiger partial charge in [-0.05, 0) is 45.6 Å². The first-order valence-corrected chi connectivity index (χ1v) is 11.4. The quantitative estimate of drug-likeness (QED) is 0.597. The first kappa shape index (κ1) is 23.5. The molecule has 1 saturated carbocycles. The van der Waals surface area contributed by atoms with Crippen LogP contribution in [0.5, 0.6) is 0 Å². The maximum absolute atomic E-state index is 13.4. The van der Waals surface area contributed by atoms with Crippen molar-refractivity contribution in [3.05, 3.63) is 31.3 Å². The van der Waals surface area contributed by atoms with Gasteiger partial charge in [0, 0.05) is 18.0 Å². The van der Waals surface area contributed by atoms with Crippen LogP contribution in [0.25, 0.3) is 10.2 Å². The van der Waals surface area contributed by atoms with Gasteiger partial charge >= 0.3 is 11.8 Å².